The summed E-state index contributed by atoms with van der Waals surface area (Å²) in [6.45, 7) is 4.89. The number of H-pyrrole nitrogens is 1. The average Bonchev–Trinajstić information content (AvgIpc) is 3.29. The molecule has 174 valence electrons. The Morgan fingerprint density at radius 1 is 0.971 bits per heavy atom. The molecule has 4 aromatic rings. The zero-order chi connectivity index (χ0) is 23.7. The molecule has 0 unspecified atom stereocenters. The van der Waals surface area contributed by atoms with Gasteiger partial charge in [-0.05, 0) is 47.4 Å². The van der Waals surface area contributed by atoms with E-state index in [0.717, 1.165) is 46.8 Å². The van der Waals surface area contributed by atoms with Gasteiger partial charge < -0.3 is 14.8 Å². The number of amides is 1. The van der Waals surface area contributed by atoms with Crippen molar-refractivity contribution in [1.29, 1.82) is 0 Å². The van der Waals surface area contributed by atoms with Crippen molar-refractivity contribution in [2.45, 2.75) is 19.3 Å². The van der Waals surface area contributed by atoms with Crippen molar-refractivity contribution in [2.24, 2.45) is 0 Å². The molecule has 0 spiro atoms. The third-order valence-electron chi connectivity index (χ3n) is 6.41. The van der Waals surface area contributed by atoms with Crippen LogP contribution in [0, 0.1) is 0 Å². The maximum absolute atomic E-state index is 12.9. The summed E-state index contributed by atoms with van der Waals surface area (Å²) in [6.07, 6.45) is 2.08. The van der Waals surface area contributed by atoms with Crippen LogP contribution in [0.1, 0.15) is 24.8 Å². The summed E-state index contributed by atoms with van der Waals surface area (Å²) in [5, 5.41) is 2.39. The number of carbonyl (C=O) groups is 1. The lowest BCUT2D eigenvalue weighted by Crippen LogP contribution is -2.49. The number of nitrogens with one attached hydrogen (secondary N) is 1. The van der Waals surface area contributed by atoms with E-state index in [1.54, 1.807) is 6.33 Å². The van der Waals surface area contributed by atoms with E-state index >= 15 is 0 Å². The van der Waals surface area contributed by atoms with Crippen molar-refractivity contribution in [3.05, 3.63) is 76.5 Å². The van der Waals surface area contributed by atoms with Gasteiger partial charge in [-0.25, -0.2) is 9.97 Å². The zero-order valence-corrected chi connectivity index (χ0v) is 20.4. The van der Waals surface area contributed by atoms with Crippen LogP contribution in [-0.4, -0.2) is 51.9 Å². The highest BCUT2D eigenvalue weighted by Gasteiger charge is 2.25. The van der Waals surface area contributed by atoms with Crippen LogP contribution in [0.2, 0.25) is 10.0 Å². The number of benzene rings is 2. The molecule has 3 heterocycles. The summed E-state index contributed by atoms with van der Waals surface area (Å²) in [5.41, 5.74) is 3.94. The fraction of sp³-hybridized carbons (Fsp3) is 0.269. The van der Waals surface area contributed by atoms with Crippen molar-refractivity contribution in [3.8, 4) is 11.3 Å². The number of nitrogens with zero attached hydrogens (tertiary/aromatic N) is 4. The maximum atomic E-state index is 12.9. The zero-order valence-electron chi connectivity index (χ0n) is 18.8. The molecule has 2 aromatic heterocycles. The monoisotopic (exact) mass is 493 g/mol. The van der Waals surface area contributed by atoms with Gasteiger partial charge in [-0.3, -0.25) is 4.79 Å². The van der Waals surface area contributed by atoms with Crippen LogP contribution in [0.5, 0.6) is 0 Å². The summed E-state index contributed by atoms with van der Waals surface area (Å²) in [7, 11) is 0. The third kappa shape index (κ3) is 4.74. The Kier molecular flexibility index (Phi) is 6.44. The smallest absolute Gasteiger partial charge is 0.223 e. The summed E-state index contributed by atoms with van der Waals surface area (Å²) < 4.78 is 0. The quantitative estimate of drug-likeness (QED) is 0.382. The minimum Gasteiger partial charge on any atom is -0.352 e. The van der Waals surface area contributed by atoms with E-state index in [9.17, 15) is 4.79 Å². The second-order valence-electron chi connectivity index (χ2n) is 8.67. The van der Waals surface area contributed by atoms with Gasteiger partial charge >= 0.3 is 0 Å². The number of carbonyl (C=O) groups excluding carboxylic acids is 1. The second-order valence-corrected chi connectivity index (χ2v) is 9.55. The summed E-state index contributed by atoms with van der Waals surface area (Å²) in [5.74, 6) is 1.22. The van der Waals surface area contributed by atoms with Crippen molar-refractivity contribution < 1.29 is 4.79 Å². The van der Waals surface area contributed by atoms with Gasteiger partial charge in [0.1, 0.15) is 17.8 Å². The molecule has 34 heavy (non-hydrogen) atoms. The molecule has 0 bridgehead atoms. The van der Waals surface area contributed by atoms with Crippen LogP contribution < -0.4 is 4.90 Å². The molecule has 1 fully saturated rings. The fourth-order valence-corrected chi connectivity index (χ4v) is 4.68. The first-order valence-electron chi connectivity index (χ1n) is 11.4. The first kappa shape index (κ1) is 22.7. The molecule has 1 aliphatic heterocycles. The maximum Gasteiger partial charge on any atom is 0.223 e. The van der Waals surface area contributed by atoms with E-state index in [1.165, 1.54) is 0 Å². The standard InChI is InChI=1S/C26H25Cl2N5O/c1-17(18-2-6-20(27)7-3-18)14-24(34)32-10-12-33(13-11-32)26-22-15-23(31-25(22)29-16-30-26)19-4-8-21(28)9-5-19/h2-9,15-17H,10-14H2,1H3,(H,29,30,31)/t17-/m1/s1. The fourth-order valence-electron chi connectivity index (χ4n) is 4.43. The van der Waals surface area contributed by atoms with E-state index in [2.05, 4.69) is 32.8 Å². The van der Waals surface area contributed by atoms with E-state index in [4.69, 9.17) is 23.2 Å². The van der Waals surface area contributed by atoms with Gasteiger partial charge in [0.25, 0.3) is 0 Å². The van der Waals surface area contributed by atoms with E-state index in [0.29, 0.717) is 29.6 Å². The SMILES string of the molecule is C[C@H](CC(=O)N1CCN(c2ncnc3[nH]c(-c4ccc(Cl)cc4)cc23)CC1)c1ccc(Cl)cc1. The number of rotatable bonds is 5. The van der Waals surface area contributed by atoms with E-state index in [1.807, 2.05) is 53.4 Å². The number of hydrogen-bond donors (Lipinski definition) is 1. The van der Waals surface area contributed by atoms with E-state index < -0.39 is 0 Å². The van der Waals surface area contributed by atoms with Gasteiger partial charge in [-0.1, -0.05) is 54.4 Å². The molecule has 0 radical (unpaired) electrons. The lowest BCUT2D eigenvalue weighted by atomic mass is 9.97. The molecule has 2 aromatic carbocycles. The highest BCUT2D eigenvalue weighted by molar-refractivity contribution is 6.30. The van der Waals surface area contributed by atoms with Crippen molar-refractivity contribution >= 4 is 46.0 Å². The predicted molar refractivity (Wildman–Crippen MR) is 138 cm³/mol. The van der Waals surface area contributed by atoms with Crippen molar-refractivity contribution in [3.63, 3.8) is 0 Å². The lowest BCUT2D eigenvalue weighted by molar-refractivity contribution is -0.131. The molecule has 0 saturated carbocycles. The minimum absolute atomic E-state index is 0.149. The molecule has 6 nitrogen and oxygen atoms in total. The first-order valence-corrected chi connectivity index (χ1v) is 12.1. The number of piperazine rings is 1. The molecule has 0 aliphatic carbocycles. The molecule has 5 rings (SSSR count). The number of halogens is 2. The Hall–Kier alpha value is -3.09. The second kappa shape index (κ2) is 9.65. The van der Waals surface area contributed by atoms with Crippen LogP contribution in [-0.2, 0) is 4.79 Å². The van der Waals surface area contributed by atoms with Crippen LogP contribution in [0.4, 0.5) is 5.82 Å². The molecule has 1 saturated heterocycles. The number of anilines is 1. The molecular formula is C26H25Cl2N5O. The molecule has 1 aliphatic rings. The Balaban J connectivity index is 1.26. The Bertz CT molecular complexity index is 1300. The highest BCUT2D eigenvalue weighted by atomic mass is 35.5. The van der Waals surface area contributed by atoms with Crippen LogP contribution in [0.3, 0.4) is 0 Å². The van der Waals surface area contributed by atoms with Crippen molar-refractivity contribution in [2.75, 3.05) is 31.1 Å². The first-order chi connectivity index (χ1) is 16.5. The average molecular weight is 494 g/mol. The molecule has 8 heteroatoms. The lowest BCUT2D eigenvalue weighted by Gasteiger charge is -2.36. The molecule has 1 N–H and O–H groups in total. The number of fused-ring (bicyclic) bond motifs is 1. The third-order valence-corrected chi connectivity index (χ3v) is 6.92. The van der Waals surface area contributed by atoms with Gasteiger partial charge in [0.2, 0.25) is 5.91 Å². The summed E-state index contributed by atoms with van der Waals surface area (Å²) in [4.78, 5) is 29.5. The van der Waals surface area contributed by atoms with Gasteiger partial charge in [0, 0.05) is 48.3 Å². The topological polar surface area (TPSA) is 65.1 Å². The number of aromatic amines is 1. The van der Waals surface area contributed by atoms with Gasteiger partial charge in [-0.2, -0.15) is 0 Å². The summed E-state index contributed by atoms with van der Waals surface area (Å²) in [6, 6.07) is 17.5. The van der Waals surface area contributed by atoms with Crippen molar-refractivity contribution in [1.82, 2.24) is 19.9 Å². The Morgan fingerprint density at radius 3 is 2.29 bits per heavy atom. The molecule has 1 amide bonds. The highest BCUT2D eigenvalue weighted by Crippen LogP contribution is 2.30. The summed E-state index contributed by atoms with van der Waals surface area (Å²) >= 11 is 12.0. The molecular weight excluding hydrogens is 469 g/mol. The van der Waals surface area contributed by atoms with E-state index in [-0.39, 0.29) is 11.8 Å². The van der Waals surface area contributed by atoms with Gasteiger partial charge in [0.05, 0.1) is 5.39 Å². The number of aromatic nitrogens is 3. The normalized spacial score (nSPS) is 15.0. The minimum atomic E-state index is 0.149. The number of hydrogen-bond acceptors (Lipinski definition) is 4. The van der Waals surface area contributed by atoms with Crippen LogP contribution in [0.15, 0.2) is 60.9 Å². The van der Waals surface area contributed by atoms with Gasteiger partial charge in [0.15, 0.2) is 0 Å². The predicted octanol–water partition coefficient (Wildman–Crippen LogP) is 5.77. The molecule has 1 atom stereocenters. The Morgan fingerprint density at radius 2 is 1.62 bits per heavy atom. The van der Waals surface area contributed by atoms with Crippen LogP contribution >= 0.6 is 23.2 Å². The van der Waals surface area contributed by atoms with Gasteiger partial charge in [-0.15, -0.1) is 0 Å². The Labute approximate surface area is 208 Å². The largest absolute Gasteiger partial charge is 0.352 e. The van der Waals surface area contributed by atoms with Crippen LogP contribution in [0.25, 0.3) is 22.3 Å².